The topological polar surface area (TPSA) is 138 Å². The molecule has 0 amide bonds. The Labute approximate surface area is 115 Å². The molecular weight excluding hydrogens is 272 g/mol. The predicted molar refractivity (Wildman–Crippen MR) is 67.0 cm³/mol. The molecule has 8 heteroatoms. The van der Waals surface area contributed by atoms with Crippen LogP contribution in [0.2, 0.25) is 0 Å². The molecule has 0 aromatic rings. The second-order valence-corrected chi connectivity index (χ2v) is 4.21. The van der Waals surface area contributed by atoms with Gasteiger partial charge in [0.25, 0.3) is 0 Å². The molecule has 0 aromatic heterocycles. The van der Waals surface area contributed by atoms with Gasteiger partial charge in [0.1, 0.15) is 5.60 Å². The van der Waals surface area contributed by atoms with Crippen LogP contribution >= 0.6 is 0 Å². The fourth-order valence-electron chi connectivity index (χ4n) is 0.618. The third kappa shape index (κ3) is 20.7. The van der Waals surface area contributed by atoms with Gasteiger partial charge in [-0.25, -0.2) is 19.2 Å². The number of rotatable bonds is 4. The summed E-state index contributed by atoms with van der Waals surface area (Å²) in [7, 11) is 0. The fourth-order valence-corrected chi connectivity index (χ4v) is 0.618. The van der Waals surface area contributed by atoms with Gasteiger partial charge in [-0.3, -0.25) is 0 Å². The van der Waals surface area contributed by atoms with Gasteiger partial charge in [0.05, 0.1) is 0 Å². The Balaban J connectivity index is 0. The van der Waals surface area contributed by atoms with Gasteiger partial charge in [-0.05, 0) is 20.8 Å². The highest BCUT2D eigenvalue weighted by Gasteiger charge is 2.13. The van der Waals surface area contributed by atoms with Crippen LogP contribution < -0.4 is 0 Å². The van der Waals surface area contributed by atoms with Crippen LogP contribution in [0.25, 0.3) is 0 Å². The van der Waals surface area contributed by atoms with Gasteiger partial charge in [-0.2, -0.15) is 0 Å². The van der Waals surface area contributed by atoms with E-state index in [9.17, 15) is 19.2 Å². The van der Waals surface area contributed by atoms with E-state index in [1.54, 1.807) is 20.8 Å². The average molecular weight is 288 g/mol. The van der Waals surface area contributed by atoms with E-state index in [4.69, 9.17) is 20.1 Å². The van der Waals surface area contributed by atoms with E-state index in [-0.39, 0.29) is 0 Å². The summed E-state index contributed by atoms with van der Waals surface area (Å²) in [5.41, 5.74) is -0.583. The maximum atomic E-state index is 10.8. The summed E-state index contributed by atoms with van der Waals surface area (Å²) in [4.78, 5) is 39.9. The first-order valence-corrected chi connectivity index (χ1v) is 5.22. The van der Waals surface area contributed by atoms with E-state index in [0.29, 0.717) is 12.2 Å². The number of carbonyl (C=O) groups is 4. The fraction of sp³-hybridized carbons (Fsp3) is 0.333. The highest BCUT2D eigenvalue weighted by Crippen LogP contribution is 2.06. The monoisotopic (exact) mass is 288 g/mol. The second kappa shape index (κ2) is 9.31. The summed E-state index contributed by atoms with van der Waals surface area (Å²) in [5, 5.41) is 23.8. The van der Waals surface area contributed by atoms with E-state index < -0.39 is 29.5 Å². The van der Waals surface area contributed by atoms with Gasteiger partial charge in [0.15, 0.2) is 0 Å². The van der Waals surface area contributed by atoms with E-state index in [0.717, 1.165) is 12.2 Å². The molecule has 0 aliphatic heterocycles. The molecule has 0 saturated carbocycles. The van der Waals surface area contributed by atoms with Crippen LogP contribution in [0.15, 0.2) is 24.3 Å². The Morgan fingerprint density at radius 1 is 0.750 bits per heavy atom. The molecule has 0 radical (unpaired) electrons. The van der Waals surface area contributed by atoms with Gasteiger partial charge in [-0.15, -0.1) is 0 Å². The molecule has 0 aliphatic carbocycles. The Kier molecular flexibility index (Phi) is 9.17. The van der Waals surface area contributed by atoms with E-state index in [1.807, 2.05) is 0 Å². The Morgan fingerprint density at radius 3 is 1.30 bits per heavy atom. The number of esters is 1. The molecule has 0 heterocycles. The Hall–Kier alpha value is -2.64. The molecule has 20 heavy (non-hydrogen) atoms. The molecule has 0 rings (SSSR count). The van der Waals surface area contributed by atoms with Crippen LogP contribution in [0, 0.1) is 0 Å². The molecule has 0 aliphatic rings. The van der Waals surface area contributed by atoms with Crippen molar-refractivity contribution in [1.82, 2.24) is 0 Å². The number of hydrogen-bond acceptors (Lipinski definition) is 5. The summed E-state index contributed by atoms with van der Waals surface area (Å²) in [5.74, 6) is -4.33. The lowest BCUT2D eigenvalue weighted by atomic mass is 10.2. The van der Waals surface area contributed by atoms with Crippen LogP contribution in [0.1, 0.15) is 20.8 Å². The van der Waals surface area contributed by atoms with E-state index in [2.05, 4.69) is 0 Å². The van der Waals surface area contributed by atoms with Crippen molar-refractivity contribution < 1.29 is 39.2 Å². The summed E-state index contributed by atoms with van der Waals surface area (Å²) in [6.07, 6.45) is 2.74. The zero-order valence-electron chi connectivity index (χ0n) is 11.2. The molecular formula is C12H16O8. The average Bonchev–Trinajstić information content (AvgIpc) is 2.22. The summed E-state index contributed by atoms with van der Waals surface area (Å²) < 4.78 is 4.80. The van der Waals surface area contributed by atoms with Crippen molar-refractivity contribution in [2.45, 2.75) is 26.4 Å². The smallest absolute Gasteiger partial charge is 0.331 e. The van der Waals surface area contributed by atoms with Crippen molar-refractivity contribution in [3.05, 3.63) is 24.3 Å². The lowest BCUT2D eigenvalue weighted by molar-refractivity contribution is -0.149. The molecule has 0 fully saturated rings. The maximum Gasteiger partial charge on any atom is 0.331 e. The van der Waals surface area contributed by atoms with Gasteiger partial charge in [0, 0.05) is 24.3 Å². The molecule has 0 atom stereocenters. The molecule has 0 saturated heterocycles. The summed E-state index contributed by atoms with van der Waals surface area (Å²) in [6, 6.07) is 0. The quantitative estimate of drug-likeness (QED) is 0.507. The standard InChI is InChI=1S/C8H12O4.C4H4O4/c1-8(2,3)12-7(11)5-4-6(9)10;5-3(6)1-2-4(7)8/h4-5H,1-3H3,(H,9,10);1-2H,(H,5,6)(H,7,8)/b5-4+;2-1-. The first kappa shape index (κ1) is 19.7. The first-order valence-electron chi connectivity index (χ1n) is 5.22. The minimum Gasteiger partial charge on any atom is -0.478 e. The van der Waals surface area contributed by atoms with Gasteiger partial charge in [0.2, 0.25) is 0 Å². The normalized spacial score (nSPS) is 10.8. The number of carboxylic acids is 3. The third-order valence-corrected chi connectivity index (χ3v) is 1.14. The third-order valence-electron chi connectivity index (χ3n) is 1.14. The summed E-state index contributed by atoms with van der Waals surface area (Å²) in [6.45, 7) is 5.12. The van der Waals surface area contributed by atoms with Crippen molar-refractivity contribution in [3.8, 4) is 0 Å². The number of carbonyl (C=O) groups excluding carboxylic acids is 1. The van der Waals surface area contributed by atoms with Crippen molar-refractivity contribution in [2.75, 3.05) is 0 Å². The molecule has 3 N–H and O–H groups in total. The van der Waals surface area contributed by atoms with Crippen molar-refractivity contribution >= 4 is 23.9 Å². The minimum absolute atomic E-state index is 0.558. The van der Waals surface area contributed by atoms with Crippen LogP contribution in [0.3, 0.4) is 0 Å². The molecule has 0 aromatic carbocycles. The van der Waals surface area contributed by atoms with Crippen LogP contribution in [0.4, 0.5) is 0 Å². The Bertz CT molecular complexity index is 409. The largest absolute Gasteiger partial charge is 0.478 e. The zero-order valence-corrected chi connectivity index (χ0v) is 11.2. The van der Waals surface area contributed by atoms with Gasteiger partial charge >= 0.3 is 23.9 Å². The Morgan fingerprint density at radius 2 is 1.05 bits per heavy atom. The molecule has 0 unspecified atom stereocenters. The van der Waals surface area contributed by atoms with Gasteiger partial charge in [-0.1, -0.05) is 0 Å². The van der Waals surface area contributed by atoms with Crippen molar-refractivity contribution in [2.24, 2.45) is 0 Å². The number of aliphatic carboxylic acids is 3. The molecule has 112 valence electrons. The maximum absolute atomic E-state index is 10.8. The van der Waals surface area contributed by atoms with E-state index >= 15 is 0 Å². The van der Waals surface area contributed by atoms with Crippen LogP contribution in [0.5, 0.6) is 0 Å². The second-order valence-electron chi connectivity index (χ2n) is 4.21. The SMILES string of the molecule is CC(C)(C)OC(=O)/C=C/C(=O)O.O=C(O)/C=C\C(=O)O. The first-order chi connectivity index (χ1) is 8.94. The lowest BCUT2D eigenvalue weighted by Crippen LogP contribution is -2.22. The highest BCUT2D eigenvalue weighted by atomic mass is 16.6. The lowest BCUT2D eigenvalue weighted by Gasteiger charge is -2.17. The van der Waals surface area contributed by atoms with Gasteiger partial charge < -0.3 is 20.1 Å². The highest BCUT2D eigenvalue weighted by molar-refractivity contribution is 5.91. The zero-order chi connectivity index (χ0) is 16.3. The van der Waals surface area contributed by atoms with E-state index in [1.165, 1.54) is 0 Å². The number of hydrogen-bond donors (Lipinski definition) is 3. The van der Waals surface area contributed by atoms with Crippen LogP contribution in [-0.2, 0) is 23.9 Å². The molecule has 0 spiro atoms. The summed E-state index contributed by atoms with van der Waals surface area (Å²) >= 11 is 0. The van der Waals surface area contributed by atoms with Crippen molar-refractivity contribution in [3.63, 3.8) is 0 Å². The minimum atomic E-state index is -1.26. The number of ether oxygens (including phenoxy) is 1. The predicted octanol–water partition coefficient (Wildman–Crippen LogP) is 0.681. The number of carboxylic acid groups (broad SMARTS) is 3. The molecule has 0 bridgehead atoms. The molecule has 8 nitrogen and oxygen atoms in total. The van der Waals surface area contributed by atoms with Crippen LogP contribution in [-0.4, -0.2) is 44.8 Å². The van der Waals surface area contributed by atoms with Crippen molar-refractivity contribution in [1.29, 1.82) is 0 Å².